The fraction of sp³-hybridized carbons (Fsp3) is 0.182. The molecule has 0 radical (unpaired) electrons. The zero-order valence-corrected chi connectivity index (χ0v) is 9.60. The summed E-state index contributed by atoms with van der Waals surface area (Å²) in [7, 11) is 0. The normalized spacial score (nSPS) is 13.6. The summed E-state index contributed by atoms with van der Waals surface area (Å²) >= 11 is 4.90. The molecular formula is C11H8ClF4NO. The lowest BCUT2D eigenvalue weighted by molar-refractivity contribution is -0.118. The van der Waals surface area contributed by atoms with Gasteiger partial charge in [0.05, 0.1) is 0 Å². The third kappa shape index (κ3) is 4.75. The molecule has 18 heavy (non-hydrogen) atoms. The number of carbonyl (C=O) groups excluding carboxylic acids is 1. The summed E-state index contributed by atoms with van der Waals surface area (Å²) in [5.74, 6) is -1.13. The SMILES string of the molecule is O=C(Nc1ccccc1/C=C/C(F)(F)F)C(F)Cl. The second kappa shape index (κ2) is 5.86. The lowest BCUT2D eigenvalue weighted by Gasteiger charge is -2.08. The minimum atomic E-state index is -4.47. The van der Waals surface area contributed by atoms with Gasteiger partial charge in [-0.15, -0.1) is 0 Å². The van der Waals surface area contributed by atoms with E-state index in [1.807, 2.05) is 0 Å². The summed E-state index contributed by atoms with van der Waals surface area (Å²) in [6, 6.07) is 5.66. The maximum atomic E-state index is 12.4. The molecule has 2 nitrogen and oxygen atoms in total. The lowest BCUT2D eigenvalue weighted by atomic mass is 10.1. The number of hydrogen-bond acceptors (Lipinski definition) is 1. The highest BCUT2D eigenvalue weighted by Gasteiger charge is 2.22. The van der Waals surface area contributed by atoms with Crippen LogP contribution in [0.15, 0.2) is 30.3 Å². The monoisotopic (exact) mass is 281 g/mol. The van der Waals surface area contributed by atoms with E-state index in [1.54, 1.807) is 0 Å². The van der Waals surface area contributed by atoms with Gasteiger partial charge < -0.3 is 5.32 Å². The molecule has 1 unspecified atom stereocenters. The van der Waals surface area contributed by atoms with Gasteiger partial charge >= 0.3 is 6.18 Å². The predicted molar refractivity (Wildman–Crippen MR) is 60.9 cm³/mol. The second-order valence-corrected chi connectivity index (χ2v) is 3.64. The molecule has 0 aliphatic carbocycles. The predicted octanol–water partition coefficient (Wildman–Crippen LogP) is 3.74. The van der Waals surface area contributed by atoms with Crippen molar-refractivity contribution in [3.63, 3.8) is 0 Å². The molecule has 0 bridgehead atoms. The van der Waals surface area contributed by atoms with Crippen LogP contribution in [0.2, 0.25) is 0 Å². The number of para-hydroxylation sites is 1. The van der Waals surface area contributed by atoms with E-state index in [4.69, 9.17) is 11.6 Å². The molecule has 0 aromatic heterocycles. The Hall–Kier alpha value is -1.56. The molecule has 0 saturated heterocycles. The Labute approximate surface area is 105 Å². The third-order valence-electron chi connectivity index (χ3n) is 1.87. The Morgan fingerprint density at radius 1 is 1.33 bits per heavy atom. The summed E-state index contributed by atoms with van der Waals surface area (Å²) in [4.78, 5) is 11.0. The number of allylic oxidation sites excluding steroid dienone is 1. The van der Waals surface area contributed by atoms with Crippen molar-refractivity contribution in [1.29, 1.82) is 0 Å². The first-order valence-electron chi connectivity index (χ1n) is 4.73. The highest BCUT2D eigenvalue weighted by atomic mass is 35.5. The summed E-state index contributed by atoms with van der Waals surface area (Å²) < 4.78 is 48.5. The first-order valence-corrected chi connectivity index (χ1v) is 5.17. The summed E-state index contributed by atoms with van der Waals surface area (Å²) in [6.07, 6.45) is -3.67. The van der Waals surface area contributed by atoms with Crippen LogP contribution in [0.1, 0.15) is 5.56 Å². The minimum Gasteiger partial charge on any atom is -0.322 e. The van der Waals surface area contributed by atoms with Crippen LogP contribution in [0.5, 0.6) is 0 Å². The van der Waals surface area contributed by atoms with E-state index in [0.717, 1.165) is 6.08 Å². The first-order chi connectivity index (χ1) is 8.29. The van der Waals surface area contributed by atoms with Crippen LogP contribution in [-0.4, -0.2) is 17.7 Å². The molecule has 1 N–H and O–H groups in total. The van der Waals surface area contributed by atoms with Crippen molar-refractivity contribution >= 4 is 29.3 Å². The van der Waals surface area contributed by atoms with E-state index in [9.17, 15) is 22.4 Å². The van der Waals surface area contributed by atoms with E-state index >= 15 is 0 Å². The highest BCUT2D eigenvalue weighted by molar-refractivity contribution is 6.31. The molecule has 1 aromatic rings. The Bertz CT molecular complexity index is 457. The number of hydrogen-bond donors (Lipinski definition) is 1. The van der Waals surface area contributed by atoms with Crippen molar-refractivity contribution < 1.29 is 22.4 Å². The van der Waals surface area contributed by atoms with Crippen LogP contribution in [-0.2, 0) is 4.79 Å². The molecule has 0 aliphatic rings. The summed E-state index contributed by atoms with van der Waals surface area (Å²) in [5, 5.41) is 2.08. The van der Waals surface area contributed by atoms with Gasteiger partial charge in [-0.25, -0.2) is 4.39 Å². The molecule has 1 rings (SSSR count). The van der Waals surface area contributed by atoms with Gasteiger partial charge in [-0.1, -0.05) is 29.8 Å². The maximum Gasteiger partial charge on any atom is 0.409 e. The van der Waals surface area contributed by atoms with Crippen molar-refractivity contribution in [2.24, 2.45) is 0 Å². The fourth-order valence-corrected chi connectivity index (χ4v) is 1.18. The number of nitrogens with one attached hydrogen (secondary N) is 1. The van der Waals surface area contributed by atoms with Crippen LogP contribution in [0.25, 0.3) is 6.08 Å². The zero-order chi connectivity index (χ0) is 13.8. The molecule has 98 valence electrons. The van der Waals surface area contributed by atoms with Gasteiger partial charge in [0.15, 0.2) is 0 Å². The Morgan fingerprint density at radius 3 is 2.50 bits per heavy atom. The topological polar surface area (TPSA) is 29.1 Å². The van der Waals surface area contributed by atoms with Gasteiger partial charge in [0, 0.05) is 11.8 Å². The van der Waals surface area contributed by atoms with E-state index < -0.39 is 17.7 Å². The van der Waals surface area contributed by atoms with E-state index in [0.29, 0.717) is 0 Å². The molecule has 0 fully saturated rings. The number of alkyl halides is 5. The highest BCUT2D eigenvalue weighted by Crippen LogP contribution is 2.22. The van der Waals surface area contributed by atoms with Crippen LogP contribution in [0.4, 0.5) is 23.2 Å². The molecule has 0 aliphatic heterocycles. The Morgan fingerprint density at radius 2 is 1.94 bits per heavy atom. The van der Waals surface area contributed by atoms with Gasteiger partial charge in [-0.2, -0.15) is 13.2 Å². The van der Waals surface area contributed by atoms with Crippen molar-refractivity contribution in [1.82, 2.24) is 0 Å². The fourth-order valence-electron chi connectivity index (χ4n) is 1.13. The molecule has 0 spiro atoms. The number of rotatable bonds is 3. The first kappa shape index (κ1) is 14.5. The number of anilines is 1. The number of benzene rings is 1. The van der Waals surface area contributed by atoms with Crippen molar-refractivity contribution in [3.05, 3.63) is 35.9 Å². The van der Waals surface area contributed by atoms with Gasteiger partial charge in [-0.3, -0.25) is 4.79 Å². The summed E-state index contributed by atoms with van der Waals surface area (Å²) in [5.41, 5.74) is -2.11. The smallest absolute Gasteiger partial charge is 0.322 e. The molecule has 7 heteroatoms. The van der Waals surface area contributed by atoms with E-state index in [2.05, 4.69) is 5.32 Å². The van der Waals surface area contributed by atoms with Gasteiger partial charge in [0.25, 0.3) is 11.5 Å². The van der Waals surface area contributed by atoms with Crippen molar-refractivity contribution in [2.45, 2.75) is 11.8 Å². The second-order valence-electron chi connectivity index (χ2n) is 3.25. The molecule has 0 saturated carbocycles. The van der Waals surface area contributed by atoms with Crippen LogP contribution < -0.4 is 5.32 Å². The minimum absolute atomic E-state index is 0.0195. The number of halogens is 5. The van der Waals surface area contributed by atoms with Gasteiger partial charge in [-0.05, 0) is 17.7 Å². The van der Waals surface area contributed by atoms with Gasteiger partial charge in [0.1, 0.15) is 0 Å². The third-order valence-corrected chi connectivity index (χ3v) is 2.07. The zero-order valence-electron chi connectivity index (χ0n) is 8.84. The van der Waals surface area contributed by atoms with Crippen molar-refractivity contribution in [2.75, 3.05) is 5.32 Å². The summed E-state index contributed by atoms with van der Waals surface area (Å²) in [6.45, 7) is 0. The molecule has 1 atom stereocenters. The van der Waals surface area contributed by atoms with Crippen LogP contribution in [0.3, 0.4) is 0 Å². The molecule has 0 heterocycles. The van der Waals surface area contributed by atoms with Crippen molar-refractivity contribution in [3.8, 4) is 0 Å². The quantitative estimate of drug-likeness (QED) is 0.664. The maximum absolute atomic E-state index is 12.4. The van der Waals surface area contributed by atoms with Crippen LogP contribution in [0, 0.1) is 0 Å². The Kier molecular flexibility index (Phi) is 4.72. The Balaban J connectivity index is 2.93. The largest absolute Gasteiger partial charge is 0.409 e. The van der Waals surface area contributed by atoms with Crippen LogP contribution >= 0.6 is 11.6 Å². The standard InChI is InChI=1S/C11H8ClF4NO/c12-9(13)10(18)17-8-4-2-1-3-7(8)5-6-11(14,15)16/h1-6,9H,(H,17,18)/b6-5+. The average molecular weight is 282 g/mol. The average Bonchev–Trinajstić information content (AvgIpc) is 2.26. The molecule has 1 aromatic carbocycles. The van der Waals surface area contributed by atoms with E-state index in [1.165, 1.54) is 24.3 Å². The lowest BCUT2D eigenvalue weighted by Crippen LogP contribution is -2.19. The van der Waals surface area contributed by atoms with Gasteiger partial charge in [0.2, 0.25) is 0 Å². The number of amides is 1. The number of carbonyl (C=O) groups is 1. The van der Waals surface area contributed by atoms with E-state index in [-0.39, 0.29) is 17.3 Å². The molecule has 1 amide bonds. The molecular weight excluding hydrogens is 274 g/mol.